The Labute approximate surface area is 114 Å². The van der Waals surface area contributed by atoms with Crippen LogP contribution in [0, 0.1) is 0 Å². The molecule has 0 aliphatic rings. The molecule has 0 fully saturated rings. The highest BCUT2D eigenvalue weighted by molar-refractivity contribution is 4.86. The zero-order chi connectivity index (χ0) is 13.9. The Kier molecular flexibility index (Phi) is 8.36. The zero-order valence-corrected chi connectivity index (χ0v) is 12.1. The maximum atomic E-state index is 5.36. The lowest BCUT2D eigenvalue weighted by Gasteiger charge is -2.05. The van der Waals surface area contributed by atoms with Crippen molar-refractivity contribution in [2.45, 2.75) is 39.2 Å². The molecule has 0 unspecified atom stereocenters. The van der Waals surface area contributed by atoms with Crippen molar-refractivity contribution in [1.82, 2.24) is 15.5 Å². The van der Waals surface area contributed by atoms with Gasteiger partial charge in [0.05, 0.1) is 19.8 Å². The number of ether oxygens (including phenoxy) is 2. The topological polar surface area (TPSA) is 69.4 Å². The molecule has 0 radical (unpaired) electrons. The van der Waals surface area contributed by atoms with Gasteiger partial charge in [-0.2, -0.15) is 4.98 Å². The average molecular weight is 271 g/mol. The van der Waals surface area contributed by atoms with Gasteiger partial charge in [0.25, 0.3) is 0 Å². The number of hydrogen-bond donors (Lipinski definition) is 1. The Hall–Kier alpha value is -0.980. The van der Waals surface area contributed by atoms with Crippen LogP contribution < -0.4 is 5.32 Å². The number of rotatable bonds is 11. The molecule has 1 aromatic rings. The van der Waals surface area contributed by atoms with Crippen LogP contribution in [0.1, 0.15) is 32.0 Å². The van der Waals surface area contributed by atoms with Crippen molar-refractivity contribution in [2.75, 3.05) is 33.5 Å². The molecule has 0 saturated carbocycles. The second kappa shape index (κ2) is 9.89. The number of aryl methyl sites for hydroxylation is 1. The lowest BCUT2D eigenvalue weighted by atomic mass is 10.3. The van der Waals surface area contributed by atoms with Gasteiger partial charge in [-0.05, 0) is 13.0 Å². The van der Waals surface area contributed by atoms with E-state index in [0.29, 0.717) is 44.0 Å². The van der Waals surface area contributed by atoms with E-state index in [0.717, 1.165) is 19.4 Å². The van der Waals surface area contributed by atoms with Gasteiger partial charge in [0.15, 0.2) is 5.82 Å². The first-order valence-electron chi connectivity index (χ1n) is 6.84. The van der Waals surface area contributed by atoms with Gasteiger partial charge in [-0.3, -0.25) is 0 Å². The monoisotopic (exact) mass is 271 g/mol. The molecule has 0 saturated heterocycles. The molecule has 6 heteroatoms. The van der Waals surface area contributed by atoms with Crippen molar-refractivity contribution in [3.63, 3.8) is 0 Å². The Morgan fingerprint density at radius 1 is 1.21 bits per heavy atom. The highest BCUT2D eigenvalue weighted by Crippen LogP contribution is 2.01. The van der Waals surface area contributed by atoms with Crippen molar-refractivity contribution < 1.29 is 14.0 Å². The van der Waals surface area contributed by atoms with E-state index < -0.39 is 0 Å². The van der Waals surface area contributed by atoms with Gasteiger partial charge < -0.3 is 19.3 Å². The van der Waals surface area contributed by atoms with E-state index in [1.165, 1.54) is 0 Å². The third-order valence-corrected chi connectivity index (χ3v) is 2.53. The molecular formula is C13H25N3O3. The van der Waals surface area contributed by atoms with E-state index in [1.807, 2.05) is 0 Å². The fourth-order valence-electron chi connectivity index (χ4n) is 1.53. The molecule has 1 N–H and O–H groups in total. The van der Waals surface area contributed by atoms with Crippen molar-refractivity contribution in [3.8, 4) is 0 Å². The van der Waals surface area contributed by atoms with E-state index >= 15 is 0 Å². The van der Waals surface area contributed by atoms with E-state index in [1.54, 1.807) is 7.11 Å². The molecule has 1 heterocycles. The van der Waals surface area contributed by atoms with Crippen LogP contribution in [0.5, 0.6) is 0 Å². The first-order valence-corrected chi connectivity index (χ1v) is 6.84. The maximum absolute atomic E-state index is 5.36. The van der Waals surface area contributed by atoms with Gasteiger partial charge in [-0.1, -0.05) is 19.0 Å². The highest BCUT2D eigenvalue weighted by atomic mass is 16.5. The molecule has 0 amide bonds. The predicted molar refractivity (Wildman–Crippen MR) is 72.2 cm³/mol. The summed E-state index contributed by atoms with van der Waals surface area (Å²) >= 11 is 0. The average Bonchev–Trinajstić information content (AvgIpc) is 2.82. The van der Waals surface area contributed by atoms with Gasteiger partial charge in [-0.15, -0.1) is 0 Å². The minimum absolute atomic E-state index is 0.516. The second-order valence-electron chi connectivity index (χ2n) is 4.67. The van der Waals surface area contributed by atoms with Gasteiger partial charge >= 0.3 is 0 Å². The summed E-state index contributed by atoms with van der Waals surface area (Å²) in [6, 6.07) is 0.516. The maximum Gasteiger partial charge on any atom is 0.226 e. The summed E-state index contributed by atoms with van der Waals surface area (Å²) in [5, 5.41) is 7.28. The lowest BCUT2D eigenvalue weighted by Crippen LogP contribution is -2.23. The third-order valence-electron chi connectivity index (χ3n) is 2.53. The molecule has 0 aliphatic heterocycles. The Morgan fingerprint density at radius 2 is 2.05 bits per heavy atom. The van der Waals surface area contributed by atoms with E-state index in [-0.39, 0.29) is 0 Å². The normalized spacial score (nSPS) is 11.4. The van der Waals surface area contributed by atoms with Gasteiger partial charge in [-0.25, -0.2) is 0 Å². The molecule has 0 atom stereocenters. The van der Waals surface area contributed by atoms with Crippen molar-refractivity contribution in [3.05, 3.63) is 11.7 Å². The van der Waals surface area contributed by atoms with Gasteiger partial charge in [0.2, 0.25) is 5.89 Å². The van der Waals surface area contributed by atoms with Crippen LogP contribution in [0.15, 0.2) is 4.52 Å². The summed E-state index contributed by atoms with van der Waals surface area (Å²) in [6.07, 6.45) is 2.50. The molecule has 19 heavy (non-hydrogen) atoms. The molecule has 6 nitrogen and oxygen atoms in total. The van der Waals surface area contributed by atoms with Crippen molar-refractivity contribution in [2.24, 2.45) is 0 Å². The van der Waals surface area contributed by atoms with Crippen LogP contribution in [-0.2, 0) is 22.3 Å². The Morgan fingerprint density at radius 3 is 2.79 bits per heavy atom. The highest BCUT2D eigenvalue weighted by Gasteiger charge is 2.06. The standard InChI is InChI=1S/C13H25N3O3/c1-11(2)14-7-4-5-13-15-12(16-19-13)6-8-18-10-9-17-3/h11,14H,4-10H2,1-3H3. The minimum atomic E-state index is 0.516. The SMILES string of the molecule is COCCOCCc1noc(CCCNC(C)C)n1. The van der Waals surface area contributed by atoms with Crippen LogP contribution in [-0.4, -0.2) is 49.7 Å². The molecule has 0 aromatic carbocycles. The van der Waals surface area contributed by atoms with Crippen LogP contribution in [0.2, 0.25) is 0 Å². The molecule has 0 aliphatic carbocycles. The summed E-state index contributed by atoms with van der Waals surface area (Å²) in [6.45, 7) is 7.04. The molecular weight excluding hydrogens is 246 g/mol. The number of nitrogens with zero attached hydrogens (tertiary/aromatic N) is 2. The molecule has 110 valence electrons. The number of aromatic nitrogens is 2. The lowest BCUT2D eigenvalue weighted by molar-refractivity contribution is 0.0714. The van der Waals surface area contributed by atoms with Gasteiger partial charge in [0, 0.05) is 26.0 Å². The number of nitrogens with one attached hydrogen (secondary N) is 1. The first-order chi connectivity index (χ1) is 9.22. The fraction of sp³-hybridized carbons (Fsp3) is 0.846. The summed E-state index contributed by atoms with van der Waals surface area (Å²) in [7, 11) is 1.66. The largest absolute Gasteiger partial charge is 0.382 e. The Balaban J connectivity index is 2.10. The van der Waals surface area contributed by atoms with Crippen LogP contribution >= 0.6 is 0 Å². The zero-order valence-electron chi connectivity index (χ0n) is 12.1. The first kappa shape index (κ1) is 16.1. The second-order valence-corrected chi connectivity index (χ2v) is 4.67. The van der Waals surface area contributed by atoms with E-state index in [9.17, 15) is 0 Å². The third kappa shape index (κ3) is 7.92. The van der Waals surface area contributed by atoms with Crippen molar-refractivity contribution in [1.29, 1.82) is 0 Å². The fourth-order valence-corrected chi connectivity index (χ4v) is 1.53. The summed E-state index contributed by atoms with van der Waals surface area (Å²) < 4.78 is 15.4. The Bertz CT molecular complexity index is 329. The predicted octanol–water partition coefficient (Wildman–Crippen LogP) is 1.21. The quantitative estimate of drug-likeness (QED) is 0.610. The molecule has 1 aromatic heterocycles. The number of methoxy groups -OCH3 is 1. The van der Waals surface area contributed by atoms with Crippen LogP contribution in [0.4, 0.5) is 0 Å². The van der Waals surface area contributed by atoms with E-state index in [2.05, 4.69) is 29.3 Å². The summed E-state index contributed by atoms with van der Waals surface area (Å²) in [5.41, 5.74) is 0. The van der Waals surface area contributed by atoms with Crippen LogP contribution in [0.25, 0.3) is 0 Å². The molecule has 0 spiro atoms. The minimum Gasteiger partial charge on any atom is -0.382 e. The van der Waals surface area contributed by atoms with E-state index in [4.69, 9.17) is 14.0 Å². The van der Waals surface area contributed by atoms with Gasteiger partial charge in [0.1, 0.15) is 0 Å². The molecule has 0 bridgehead atoms. The van der Waals surface area contributed by atoms with Crippen LogP contribution in [0.3, 0.4) is 0 Å². The summed E-state index contributed by atoms with van der Waals surface area (Å²) in [4.78, 5) is 4.33. The number of hydrogen-bond acceptors (Lipinski definition) is 6. The molecule has 1 rings (SSSR count). The smallest absolute Gasteiger partial charge is 0.226 e. The van der Waals surface area contributed by atoms with Crippen molar-refractivity contribution >= 4 is 0 Å². The summed E-state index contributed by atoms with van der Waals surface area (Å²) in [5.74, 6) is 1.42.